The van der Waals surface area contributed by atoms with Gasteiger partial charge >= 0.3 is 0 Å². The highest BCUT2D eigenvalue weighted by Gasteiger charge is 2.28. The number of hydrogen-bond acceptors (Lipinski definition) is 4. The van der Waals surface area contributed by atoms with Gasteiger partial charge in [-0.25, -0.2) is 13.1 Å². The quantitative estimate of drug-likeness (QED) is 0.790. The van der Waals surface area contributed by atoms with Gasteiger partial charge in [-0.2, -0.15) is 0 Å². The molecule has 134 valence electrons. The number of methoxy groups -OCH3 is 2. The second kappa shape index (κ2) is 7.35. The molecule has 1 aliphatic carbocycles. The first-order valence-corrected chi connectivity index (χ1v) is 10.2. The second-order valence-electron chi connectivity index (χ2n) is 5.93. The third-order valence-electron chi connectivity index (χ3n) is 4.38. The minimum Gasteiger partial charge on any atom is -0.497 e. The van der Waals surface area contributed by atoms with Crippen LogP contribution in [0.3, 0.4) is 0 Å². The van der Waals surface area contributed by atoms with Gasteiger partial charge in [-0.3, -0.25) is 0 Å². The Hall–Kier alpha value is -1.57. The molecule has 0 radical (unpaired) electrons. The van der Waals surface area contributed by atoms with E-state index in [2.05, 4.69) is 20.7 Å². The molecule has 7 heteroatoms. The van der Waals surface area contributed by atoms with Crippen molar-refractivity contribution in [1.29, 1.82) is 0 Å². The standard InChI is InChI=1S/C18H20BrNO4S/c1-23-14-7-8-15-12(10-14)4-3-5-16(15)20-25(21,22)18-11-13(19)6-9-17(18)24-2/h6-11,16,20H,3-5H2,1-2H3. The molecule has 0 fully saturated rings. The van der Waals surface area contributed by atoms with E-state index >= 15 is 0 Å². The van der Waals surface area contributed by atoms with E-state index in [9.17, 15) is 8.42 Å². The van der Waals surface area contributed by atoms with Crippen LogP contribution in [0.4, 0.5) is 0 Å². The minimum atomic E-state index is -3.72. The summed E-state index contributed by atoms with van der Waals surface area (Å²) < 4.78 is 39.9. The van der Waals surface area contributed by atoms with Gasteiger partial charge in [0.25, 0.3) is 0 Å². The highest BCUT2D eigenvalue weighted by molar-refractivity contribution is 9.10. The largest absolute Gasteiger partial charge is 0.497 e. The van der Waals surface area contributed by atoms with Gasteiger partial charge < -0.3 is 9.47 Å². The number of hydrogen-bond donors (Lipinski definition) is 1. The average molecular weight is 426 g/mol. The molecule has 0 amide bonds. The molecule has 1 atom stereocenters. The fraction of sp³-hybridized carbons (Fsp3) is 0.333. The van der Waals surface area contributed by atoms with E-state index in [0.717, 1.165) is 36.1 Å². The topological polar surface area (TPSA) is 64.6 Å². The monoisotopic (exact) mass is 425 g/mol. The van der Waals surface area contributed by atoms with Crippen LogP contribution in [0.15, 0.2) is 45.8 Å². The van der Waals surface area contributed by atoms with E-state index in [-0.39, 0.29) is 10.9 Å². The number of halogens is 1. The number of fused-ring (bicyclic) bond motifs is 1. The molecule has 0 saturated heterocycles. The van der Waals surface area contributed by atoms with Crippen molar-refractivity contribution in [2.45, 2.75) is 30.2 Å². The van der Waals surface area contributed by atoms with Gasteiger partial charge in [0, 0.05) is 10.5 Å². The van der Waals surface area contributed by atoms with E-state index in [0.29, 0.717) is 10.2 Å². The van der Waals surface area contributed by atoms with E-state index in [4.69, 9.17) is 9.47 Å². The molecule has 0 aromatic heterocycles. The van der Waals surface area contributed by atoms with Crippen LogP contribution in [0.25, 0.3) is 0 Å². The maximum atomic E-state index is 12.9. The van der Waals surface area contributed by atoms with Gasteiger partial charge in [0.2, 0.25) is 10.0 Å². The maximum absolute atomic E-state index is 12.9. The lowest BCUT2D eigenvalue weighted by molar-refractivity contribution is 0.401. The summed E-state index contributed by atoms with van der Waals surface area (Å²) in [6.45, 7) is 0. The zero-order chi connectivity index (χ0) is 18.0. The molecule has 1 N–H and O–H groups in total. The van der Waals surface area contributed by atoms with Crippen molar-refractivity contribution < 1.29 is 17.9 Å². The molecular formula is C18H20BrNO4S. The predicted octanol–water partition coefficient (Wildman–Crippen LogP) is 3.82. The summed E-state index contributed by atoms with van der Waals surface area (Å²) in [4.78, 5) is 0.130. The van der Waals surface area contributed by atoms with Crippen LogP contribution >= 0.6 is 15.9 Å². The Kier molecular flexibility index (Phi) is 5.36. The second-order valence-corrected chi connectivity index (χ2v) is 8.52. The number of aryl methyl sites for hydroxylation is 1. The Morgan fingerprint density at radius 1 is 1.12 bits per heavy atom. The molecule has 0 bridgehead atoms. The Labute approximate surface area is 156 Å². The first-order chi connectivity index (χ1) is 11.9. The summed E-state index contributed by atoms with van der Waals surface area (Å²) in [5, 5.41) is 0. The highest BCUT2D eigenvalue weighted by Crippen LogP contribution is 2.34. The van der Waals surface area contributed by atoms with Crippen LogP contribution < -0.4 is 14.2 Å². The fourth-order valence-electron chi connectivity index (χ4n) is 3.15. The summed E-state index contributed by atoms with van der Waals surface area (Å²) in [5.74, 6) is 1.11. The van der Waals surface area contributed by atoms with E-state index in [1.807, 2.05) is 18.2 Å². The number of benzene rings is 2. The summed E-state index contributed by atoms with van der Waals surface area (Å²) >= 11 is 3.32. The van der Waals surface area contributed by atoms with Crippen molar-refractivity contribution in [3.63, 3.8) is 0 Å². The summed E-state index contributed by atoms with van der Waals surface area (Å²) in [5.41, 5.74) is 2.13. The van der Waals surface area contributed by atoms with Gasteiger partial charge in [-0.15, -0.1) is 0 Å². The molecule has 25 heavy (non-hydrogen) atoms. The minimum absolute atomic E-state index is 0.130. The van der Waals surface area contributed by atoms with Crippen molar-refractivity contribution in [2.24, 2.45) is 0 Å². The molecule has 1 unspecified atom stereocenters. The lowest BCUT2D eigenvalue weighted by Gasteiger charge is -2.27. The van der Waals surface area contributed by atoms with Gasteiger partial charge in [0.15, 0.2) is 0 Å². The van der Waals surface area contributed by atoms with Crippen molar-refractivity contribution >= 4 is 26.0 Å². The van der Waals surface area contributed by atoms with Gasteiger partial charge in [0.1, 0.15) is 16.4 Å². The van der Waals surface area contributed by atoms with Crippen molar-refractivity contribution in [3.05, 3.63) is 52.0 Å². The molecule has 2 aromatic rings. The van der Waals surface area contributed by atoms with Crippen LogP contribution in [0, 0.1) is 0 Å². The van der Waals surface area contributed by atoms with Crippen LogP contribution in [-0.2, 0) is 16.4 Å². The molecule has 5 nitrogen and oxygen atoms in total. The lowest BCUT2D eigenvalue weighted by atomic mass is 9.88. The van der Waals surface area contributed by atoms with Gasteiger partial charge in [-0.05, 0) is 60.7 Å². The smallest absolute Gasteiger partial charge is 0.244 e. The van der Waals surface area contributed by atoms with Crippen LogP contribution in [0.1, 0.15) is 30.0 Å². The summed E-state index contributed by atoms with van der Waals surface area (Å²) in [7, 11) is -0.628. The number of nitrogens with one attached hydrogen (secondary N) is 1. The third-order valence-corrected chi connectivity index (χ3v) is 6.36. The number of rotatable bonds is 5. The van der Waals surface area contributed by atoms with Crippen molar-refractivity contribution in [1.82, 2.24) is 4.72 Å². The molecule has 0 spiro atoms. The Morgan fingerprint density at radius 3 is 2.64 bits per heavy atom. The van der Waals surface area contributed by atoms with E-state index < -0.39 is 10.0 Å². The maximum Gasteiger partial charge on any atom is 0.244 e. The first-order valence-electron chi connectivity index (χ1n) is 7.97. The van der Waals surface area contributed by atoms with Crippen molar-refractivity contribution in [2.75, 3.05) is 14.2 Å². The lowest BCUT2D eigenvalue weighted by Crippen LogP contribution is -2.31. The first kappa shape index (κ1) is 18.2. The predicted molar refractivity (Wildman–Crippen MR) is 99.7 cm³/mol. The normalized spacial score (nSPS) is 17.0. The zero-order valence-corrected chi connectivity index (χ0v) is 16.5. The average Bonchev–Trinajstić information content (AvgIpc) is 2.61. The van der Waals surface area contributed by atoms with Crippen LogP contribution in [0.5, 0.6) is 11.5 Å². The Bertz CT molecular complexity index is 883. The molecule has 0 saturated carbocycles. The number of sulfonamides is 1. The van der Waals surface area contributed by atoms with Crippen LogP contribution in [0.2, 0.25) is 0 Å². The highest BCUT2D eigenvalue weighted by atomic mass is 79.9. The van der Waals surface area contributed by atoms with Crippen molar-refractivity contribution in [3.8, 4) is 11.5 Å². The van der Waals surface area contributed by atoms with E-state index in [1.165, 1.54) is 7.11 Å². The zero-order valence-electron chi connectivity index (χ0n) is 14.1. The molecule has 1 aliphatic rings. The fourth-order valence-corrected chi connectivity index (χ4v) is 5.11. The Morgan fingerprint density at radius 2 is 1.92 bits per heavy atom. The molecule has 2 aromatic carbocycles. The molecule has 3 rings (SSSR count). The van der Waals surface area contributed by atoms with Gasteiger partial charge in [-0.1, -0.05) is 22.0 Å². The Balaban J connectivity index is 1.94. The van der Waals surface area contributed by atoms with E-state index in [1.54, 1.807) is 25.3 Å². The number of ether oxygens (including phenoxy) is 2. The molecular weight excluding hydrogens is 406 g/mol. The summed E-state index contributed by atoms with van der Waals surface area (Å²) in [6.07, 6.45) is 2.60. The SMILES string of the molecule is COc1ccc2c(c1)CCCC2NS(=O)(=O)c1cc(Br)ccc1OC. The molecule has 0 aliphatic heterocycles. The summed E-state index contributed by atoms with van der Waals surface area (Å²) in [6, 6.07) is 10.5. The third kappa shape index (κ3) is 3.83. The van der Waals surface area contributed by atoms with Crippen LogP contribution in [-0.4, -0.2) is 22.6 Å². The van der Waals surface area contributed by atoms with Gasteiger partial charge in [0.05, 0.1) is 14.2 Å². The molecule has 0 heterocycles.